The van der Waals surface area contributed by atoms with Gasteiger partial charge in [-0.3, -0.25) is 14.4 Å². The molecule has 4 aliphatic rings. The smallest absolute Gasteiger partial charge is 0.202 e. The molecule has 2 aromatic carbocycles. The van der Waals surface area contributed by atoms with Gasteiger partial charge < -0.3 is 43.7 Å². The molecule has 0 unspecified atom stereocenters. The molecule has 3 fully saturated rings. The van der Waals surface area contributed by atoms with Crippen molar-refractivity contribution in [1.82, 2.24) is 9.80 Å². The Morgan fingerprint density at radius 1 is 0.887 bits per heavy atom. The van der Waals surface area contributed by atoms with E-state index in [-0.39, 0.29) is 68.5 Å². The highest BCUT2D eigenvalue weighted by Gasteiger charge is 2.55. The second-order valence-corrected chi connectivity index (χ2v) is 16.1. The van der Waals surface area contributed by atoms with Crippen LogP contribution in [0.15, 0.2) is 39.6 Å². The van der Waals surface area contributed by atoms with E-state index in [0.29, 0.717) is 17.5 Å². The summed E-state index contributed by atoms with van der Waals surface area (Å²) < 4.78 is 25.1. The minimum Gasteiger partial charge on any atom is -0.507 e. The van der Waals surface area contributed by atoms with Gasteiger partial charge >= 0.3 is 0 Å². The van der Waals surface area contributed by atoms with Crippen LogP contribution in [0.2, 0.25) is 0 Å². The molecule has 7 rings (SSSR count). The molecule has 0 bridgehead atoms. The number of phenols is 1. The first-order valence-electron chi connectivity index (χ1n) is 18.3. The maximum atomic E-state index is 15.1. The monoisotopic (exact) mass is 730 g/mol. The van der Waals surface area contributed by atoms with Crippen LogP contribution in [-0.2, 0) is 19.8 Å². The maximum absolute atomic E-state index is 15.1. The molecule has 0 spiro atoms. The van der Waals surface area contributed by atoms with Gasteiger partial charge in [-0.15, -0.1) is 0 Å². The summed E-state index contributed by atoms with van der Waals surface area (Å²) in [4.78, 5) is 47.5. The number of fused-ring (bicyclic) bond motifs is 4. The zero-order valence-corrected chi connectivity index (χ0v) is 32.0. The van der Waals surface area contributed by atoms with Gasteiger partial charge in [0.1, 0.15) is 23.2 Å². The summed E-state index contributed by atoms with van der Waals surface area (Å²) in [6, 6.07) is 4.26. The van der Waals surface area contributed by atoms with E-state index in [1.807, 2.05) is 64.0 Å². The first kappa shape index (κ1) is 37.6. The molecule has 12 nitrogen and oxygen atoms in total. The fourth-order valence-electron chi connectivity index (χ4n) is 8.74. The predicted octanol–water partition coefficient (Wildman–Crippen LogP) is 4.44. The van der Waals surface area contributed by atoms with Gasteiger partial charge in [0.05, 0.1) is 53.1 Å². The Morgan fingerprint density at radius 2 is 1.57 bits per heavy atom. The number of aryl methyl sites for hydroxylation is 1. The molecule has 53 heavy (non-hydrogen) atoms. The average Bonchev–Trinajstić information content (AvgIpc) is 3.76. The van der Waals surface area contributed by atoms with Crippen LogP contribution in [0, 0.1) is 6.92 Å². The third kappa shape index (κ3) is 5.64. The Balaban J connectivity index is 1.48. The number of likely N-dealkylation sites (N-methyl/N-ethyl adjacent to an activating group) is 2. The Kier molecular flexibility index (Phi) is 9.17. The van der Waals surface area contributed by atoms with Crippen molar-refractivity contribution in [3.63, 3.8) is 0 Å². The molecular formula is C41H50N2O10. The number of ketones is 2. The summed E-state index contributed by atoms with van der Waals surface area (Å²) in [5, 5.41) is 34.7. The minimum atomic E-state index is -0.945. The molecule has 0 saturated carbocycles. The number of benzene rings is 2. The van der Waals surface area contributed by atoms with Crippen LogP contribution in [0.5, 0.6) is 5.75 Å². The van der Waals surface area contributed by atoms with Crippen LogP contribution >= 0.6 is 0 Å². The second kappa shape index (κ2) is 12.9. The summed E-state index contributed by atoms with van der Waals surface area (Å²) in [6.07, 6.45) is -0.576. The third-order valence-corrected chi connectivity index (χ3v) is 12.3. The SMILES string of the molecule is CC=C[C@@H]1O[C@]1(C)c1cc(=O)c2c(C)cc3c(c2o1)C(=O)c1c(O)c([C@H]2C[C@](C)(N(C)C)[C@@H](O)[C@H](C)O2)cc([C@@H]2C[C@H](N(C)C)[C@H](O)[C@H](C)O2)c1C3=O. The van der Waals surface area contributed by atoms with Crippen molar-refractivity contribution in [3.8, 4) is 5.75 Å². The van der Waals surface area contributed by atoms with Gasteiger partial charge in [-0.05, 0) is 106 Å². The highest BCUT2D eigenvalue weighted by atomic mass is 16.6. The van der Waals surface area contributed by atoms with E-state index in [1.54, 1.807) is 33.8 Å². The predicted molar refractivity (Wildman–Crippen MR) is 197 cm³/mol. The van der Waals surface area contributed by atoms with Crippen molar-refractivity contribution < 1.29 is 43.5 Å². The molecule has 3 saturated heterocycles. The standard InChI is InChI=1S/C41H50N2O10/c1-11-12-28-41(6,53-28)29-16-25(44)30-18(2)13-23-32(38(30)52-29)37(48)33-31(36(23)47)21(26-15-24(42(7)8)34(45)19(3)50-26)14-22(35(33)46)27-17-40(5,43(9)10)39(49)20(4)51-27/h11-14,16,19-20,24,26-28,34,39,45-46,49H,15,17H2,1-10H3/t19-,20-,24-,26-,27+,28-,34+,39-,40-,41-/m0/s1. The van der Waals surface area contributed by atoms with Crippen LogP contribution in [-0.4, -0.2) is 107 Å². The molecule has 3 aliphatic heterocycles. The van der Waals surface area contributed by atoms with E-state index in [4.69, 9.17) is 18.6 Å². The topological polar surface area (TPSA) is 163 Å². The highest BCUT2D eigenvalue weighted by molar-refractivity contribution is 6.33. The fourth-order valence-corrected chi connectivity index (χ4v) is 8.74. The Morgan fingerprint density at radius 3 is 2.21 bits per heavy atom. The molecule has 1 aromatic heterocycles. The van der Waals surface area contributed by atoms with Crippen molar-refractivity contribution in [2.45, 2.75) is 114 Å². The molecule has 1 aliphatic carbocycles. The number of hydrogen-bond donors (Lipinski definition) is 3. The molecule has 0 amide bonds. The normalized spacial score (nSPS) is 34.3. The van der Waals surface area contributed by atoms with Crippen LogP contribution in [0.25, 0.3) is 11.0 Å². The van der Waals surface area contributed by atoms with Crippen LogP contribution in [0.3, 0.4) is 0 Å². The van der Waals surface area contributed by atoms with E-state index in [9.17, 15) is 24.9 Å². The first-order valence-corrected chi connectivity index (χ1v) is 18.3. The maximum Gasteiger partial charge on any atom is 0.202 e. The number of phenolic OH excluding ortho intramolecular Hbond substituents is 1. The number of carbonyl (C=O) groups excluding carboxylic acids is 2. The Hall–Kier alpha value is -3.75. The van der Waals surface area contributed by atoms with E-state index >= 15 is 4.79 Å². The summed E-state index contributed by atoms with van der Waals surface area (Å²) >= 11 is 0. The van der Waals surface area contributed by atoms with Gasteiger partial charge in [0, 0.05) is 34.3 Å². The van der Waals surface area contributed by atoms with E-state index in [1.165, 1.54) is 12.1 Å². The lowest BCUT2D eigenvalue weighted by atomic mass is 9.74. The number of ether oxygens (including phenoxy) is 3. The number of rotatable bonds is 6. The molecule has 10 atom stereocenters. The summed E-state index contributed by atoms with van der Waals surface area (Å²) in [7, 11) is 7.45. The van der Waals surface area contributed by atoms with Gasteiger partial charge in [0.25, 0.3) is 0 Å². The summed E-state index contributed by atoms with van der Waals surface area (Å²) in [5.41, 5.74) is -1.32. The van der Waals surface area contributed by atoms with E-state index < -0.39 is 65.1 Å². The molecule has 284 valence electrons. The average molecular weight is 731 g/mol. The number of aliphatic hydroxyl groups excluding tert-OH is 2. The van der Waals surface area contributed by atoms with Crippen molar-refractivity contribution in [1.29, 1.82) is 0 Å². The number of carbonyl (C=O) groups is 2. The zero-order valence-electron chi connectivity index (χ0n) is 32.0. The van der Waals surface area contributed by atoms with E-state index in [0.717, 1.165) is 0 Å². The van der Waals surface area contributed by atoms with Crippen LogP contribution in [0.1, 0.15) is 114 Å². The second-order valence-electron chi connectivity index (χ2n) is 16.1. The number of aliphatic hydroxyl groups is 2. The van der Waals surface area contributed by atoms with E-state index in [2.05, 4.69) is 0 Å². The number of aromatic hydroxyl groups is 1. The quantitative estimate of drug-likeness (QED) is 0.189. The minimum absolute atomic E-state index is 0.00278. The van der Waals surface area contributed by atoms with Gasteiger partial charge in [0.2, 0.25) is 5.78 Å². The highest BCUT2D eigenvalue weighted by Crippen LogP contribution is 2.51. The van der Waals surface area contributed by atoms with Crippen LogP contribution in [0.4, 0.5) is 0 Å². The van der Waals surface area contributed by atoms with Crippen molar-refractivity contribution in [3.05, 3.63) is 85.3 Å². The van der Waals surface area contributed by atoms with Gasteiger partial charge in [-0.25, -0.2) is 0 Å². The van der Waals surface area contributed by atoms with Gasteiger partial charge in [-0.1, -0.05) is 12.2 Å². The van der Waals surface area contributed by atoms with Crippen molar-refractivity contribution >= 4 is 22.5 Å². The number of allylic oxidation sites excluding steroid dienone is 1. The summed E-state index contributed by atoms with van der Waals surface area (Å²) in [6.45, 7) is 10.8. The molecule has 4 heterocycles. The largest absolute Gasteiger partial charge is 0.507 e. The molecule has 3 aromatic rings. The zero-order chi connectivity index (χ0) is 38.6. The number of hydrogen-bond acceptors (Lipinski definition) is 12. The third-order valence-electron chi connectivity index (χ3n) is 12.3. The van der Waals surface area contributed by atoms with Gasteiger partial charge in [-0.2, -0.15) is 0 Å². The molecule has 0 radical (unpaired) electrons. The van der Waals surface area contributed by atoms with Crippen molar-refractivity contribution in [2.24, 2.45) is 0 Å². The fraction of sp³-hybridized carbons (Fsp3) is 0.537. The Bertz CT molecular complexity index is 2120. The summed E-state index contributed by atoms with van der Waals surface area (Å²) in [5.74, 6) is -1.41. The first-order chi connectivity index (χ1) is 24.8. The van der Waals surface area contributed by atoms with Crippen LogP contribution < -0.4 is 5.43 Å². The lowest BCUT2D eigenvalue weighted by Gasteiger charge is -2.49. The molecule has 3 N–H and O–H groups in total. The van der Waals surface area contributed by atoms with Crippen molar-refractivity contribution in [2.75, 3.05) is 28.2 Å². The van der Waals surface area contributed by atoms with Gasteiger partial charge in [0.15, 0.2) is 16.8 Å². The lowest BCUT2D eigenvalue weighted by Crippen LogP contribution is -2.59. The molecular weight excluding hydrogens is 680 g/mol. The molecule has 12 heteroatoms. The number of nitrogens with zero attached hydrogens (tertiary/aromatic N) is 2. The lowest BCUT2D eigenvalue weighted by molar-refractivity contribution is -0.176. The number of epoxide rings is 1. The Labute approximate surface area is 308 Å².